The van der Waals surface area contributed by atoms with Gasteiger partial charge in [0, 0.05) is 12.5 Å². The Balaban J connectivity index is 2.40. The molecule has 0 saturated heterocycles. The highest BCUT2D eigenvalue weighted by Crippen LogP contribution is 2.23. The van der Waals surface area contributed by atoms with Gasteiger partial charge in [0.15, 0.2) is 0 Å². The van der Waals surface area contributed by atoms with Crippen molar-refractivity contribution in [3.8, 4) is 0 Å². The maximum absolute atomic E-state index is 12.1. The zero-order chi connectivity index (χ0) is 13.6. The van der Waals surface area contributed by atoms with Gasteiger partial charge in [-0.2, -0.15) is 13.2 Å². The van der Waals surface area contributed by atoms with Gasteiger partial charge in [0.25, 0.3) is 0 Å². The molecule has 0 aliphatic rings. The van der Waals surface area contributed by atoms with Gasteiger partial charge in [-0.3, -0.25) is 11.3 Å². The van der Waals surface area contributed by atoms with Crippen molar-refractivity contribution in [2.45, 2.75) is 44.8 Å². The summed E-state index contributed by atoms with van der Waals surface area (Å²) in [5.74, 6) is 5.28. The number of hydrogen-bond donors (Lipinski definition) is 2. The molecule has 0 aliphatic heterocycles. The summed E-state index contributed by atoms with van der Waals surface area (Å²) in [6.45, 7) is 1.99. The van der Waals surface area contributed by atoms with E-state index in [2.05, 4.69) is 5.43 Å². The first-order valence-electron chi connectivity index (χ1n) is 5.99. The maximum Gasteiger partial charge on any atom is 0.389 e. The highest BCUT2D eigenvalue weighted by atomic mass is 19.4. The first-order valence-corrected chi connectivity index (χ1v) is 5.99. The molecule has 0 spiro atoms. The van der Waals surface area contributed by atoms with Crippen molar-refractivity contribution in [2.24, 2.45) is 5.84 Å². The minimum Gasteiger partial charge on any atom is -0.271 e. The first-order chi connectivity index (χ1) is 8.40. The van der Waals surface area contributed by atoms with Crippen molar-refractivity contribution in [3.63, 3.8) is 0 Å². The summed E-state index contributed by atoms with van der Waals surface area (Å²) in [5, 5.41) is 0. The quantitative estimate of drug-likeness (QED) is 0.609. The van der Waals surface area contributed by atoms with E-state index in [1.54, 1.807) is 0 Å². The zero-order valence-electron chi connectivity index (χ0n) is 10.4. The summed E-state index contributed by atoms with van der Waals surface area (Å²) in [7, 11) is 0. The van der Waals surface area contributed by atoms with Gasteiger partial charge in [-0.25, -0.2) is 0 Å². The standard InChI is InChI=1S/C13H19F3N2/c1-10-3-2-4-11(9-10)5-6-12(18-17)7-8-13(14,15)16/h2-4,9,12,18H,5-8,17H2,1H3. The molecular formula is C13H19F3N2. The van der Waals surface area contributed by atoms with Crippen LogP contribution < -0.4 is 11.3 Å². The summed E-state index contributed by atoms with van der Waals surface area (Å²) in [6, 6.07) is 7.66. The Kier molecular flexibility index (Phi) is 5.62. The number of hydrogen-bond acceptors (Lipinski definition) is 2. The van der Waals surface area contributed by atoms with Gasteiger partial charge in [0.2, 0.25) is 0 Å². The Labute approximate surface area is 105 Å². The molecule has 102 valence electrons. The van der Waals surface area contributed by atoms with Crippen LogP contribution >= 0.6 is 0 Å². The average molecular weight is 260 g/mol. The van der Waals surface area contributed by atoms with Crippen molar-refractivity contribution in [1.29, 1.82) is 0 Å². The van der Waals surface area contributed by atoms with Crippen LogP contribution in [0.5, 0.6) is 0 Å². The van der Waals surface area contributed by atoms with E-state index in [1.165, 1.54) is 0 Å². The second-order valence-corrected chi connectivity index (χ2v) is 4.55. The highest BCUT2D eigenvalue weighted by molar-refractivity contribution is 5.22. The molecule has 1 aromatic carbocycles. The van der Waals surface area contributed by atoms with Crippen LogP contribution in [0.25, 0.3) is 0 Å². The van der Waals surface area contributed by atoms with Crippen LogP contribution in [-0.2, 0) is 6.42 Å². The summed E-state index contributed by atoms with van der Waals surface area (Å²) in [6.07, 6.45) is -3.55. The molecule has 0 radical (unpaired) electrons. The van der Waals surface area contributed by atoms with E-state index < -0.39 is 12.6 Å². The zero-order valence-corrected chi connectivity index (χ0v) is 10.4. The Morgan fingerprint density at radius 3 is 2.56 bits per heavy atom. The molecular weight excluding hydrogens is 241 g/mol. The lowest BCUT2D eigenvalue weighted by atomic mass is 10.0. The largest absolute Gasteiger partial charge is 0.389 e. The molecule has 0 aliphatic carbocycles. The number of alkyl halides is 3. The van der Waals surface area contributed by atoms with E-state index in [4.69, 9.17) is 5.84 Å². The third kappa shape index (κ3) is 6.02. The fourth-order valence-electron chi connectivity index (χ4n) is 1.86. The summed E-state index contributed by atoms with van der Waals surface area (Å²) >= 11 is 0. The molecule has 2 nitrogen and oxygen atoms in total. The topological polar surface area (TPSA) is 38.0 Å². The predicted octanol–water partition coefficient (Wildman–Crippen LogP) is 3.10. The van der Waals surface area contributed by atoms with Crippen LogP contribution in [0.1, 0.15) is 30.4 Å². The summed E-state index contributed by atoms with van der Waals surface area (Å²) in [4.78, 5) is 0. The molecule has 0 amide bonds. The van der Waals surface area contributed by atoms with Crippen LogP contribution in [0.4, 0.5) is 13.2 Å². The Bertz CT molecular complexity index is 363. The van der Waals surface area contributed by atoms with E-state index in [0.717, 1.165) is 17.5 Å². The molecule has 0 bridgehead atoms. The molecule has 1 rings (SSSR count). The van der Waals surface area contributed by atoms with Gasteiger partial charge < -0.3 is 0 Å². The molecule has 3 N–H and O–H groups in total. The van der Waals surface area contributed by atoms with E-state index in [1.807, 2.05) is 31.2 Å². The smallest absolute Gasteiger partial charge is 0.271 e. The van der Waals surface area contributed by atoms with Crippen molar-refractivity contribution in [2.75, 3.05) is 0 Å². The number of aryl methyl sites for hydroxylation is 2. The minimum absolute atomic E-state index is 0.0197. The molecule has 1 atom stereocenters. The number of hydrazine groups is 1. The van der Waals surface area contributed by atoms with Crippen molar-refractivity contribution in [1.82, 2.24) is 5.43 Å². The van der Waals surface area contributed by atoms with Crippen LogP contribution in [-0.4, -0.2) is 12.2 Å². The molecule has 0 aromatic heterocycles. The van der Waals surface area contributed by atoms with Gasteiger partial charge >= 0.3 is 6.18 Å². The lowest BCUT2D eigenvalue weighted by Crippen LogP contribution is -2.36. The fourth-order valence-corrected chi connectivity index (χ4v) is 1.86. The predicted molar refractivity (Wildman–Crippen MR) is 65.9 cm³/mol. The molecule has 0 saturated carbocycles. The van der Waals surface area contributed by atoms with E-state index in [9.17, 15) is 13.2 Å². The number of nitrogens with one attached hydrogen (secondary N) is 1. The molecule has 1 unspecified atom stereocenters. The van der Waals surface area contributed by atoms with Crippen molar-refractivity contribution >= 4 is 0 Å². The Hall–Kier alpha value is -1.07. The molecule has 1 aromatic rings. The number of rotatable bonds is 6. The number of nitrogens with two attached hydrogens (primary N) is 1. The SMILES string of the molecule is Cc1cccc(CCC(CCC(F)(F)F)NN)c1. The van der Waals surface area contributed by atoms with Gasteiger partial charge in [-0.05, 0) is 31.7 Å². The van der Waals surface area contributed by atoms with Crippen molar-refractivity contribution < 1.29 is 13.2 Å². The van der Waals surface area contributed by atoms with Gasteiger partial charge in [-0.1, -0.05) is 29.8 Å². The lowest BCUT2D eigenvalue weighted by molar-refractivity contribution is -0.136. The van der Waals surface area contributed by atoms with Crippen LogP contribution in [0.3, 0.4) is 0 Å². The van der Waals surface area contributed by atoms with E-state index >= 15 is 0 Å². The molecule has 0 fully saturated rings. The second kappa shape index (κ2) is 6.75. The molecule has 18 heavy (non-hydrogen) atoms. The van der Waals surface area contributed by atoms with Gasteiger partial charge in [0.05, 0.1) is 0 Å². The van der Waals surface area contributed by atoms with Gasteiger partial charge in [-0.15, -0.1) is 0 Å². The van der Waals surface area contributed by atoms with Crippen LogP contribution in [0.15, 0.2) is 24.3 Å². The van der Waals surface area contributed by atoms with Gasteiger partial charge in [0.1, 0.15) is 0 Å². The van der Waals surface area contributed by atoms with Crippen LogP contribution in [0.2, 0.25) is 0 Å². The normalized spacial score (nSPS) is 13.6. The minimum atomic E-state index is -4.11. The van der Waals surface area contributed by atoms with Crippen molar-refractivity contribution in [3.05, 3.63) is 35.4 Å². The Morgan fingerprint density at radius 2 is 2.00 bits per heavy atom. The van der Waals surface area contributed by atoms with E-state index in [-0.39, 0.29) is 12.5 Å². The monoisotopic (exact) mass is 260 g/mol. The first kappa shape index (κ1) is 15.0. The molecule has 0 heterocycles. The third-order valence-corrected chi connectivity index (χ3v) is 2.88. The molecule has 5 heteroatoms. The Morgan fingerprint density at radius 1 is 1.28 bits per heavy atom. The van der Waals surface area contributed by atoms with E-state index in [0.29, 0.717) is 6.42 Å². The number of benzene rings is 1. The maximum atomic E-state index is 12.1. The lowest BCUT2D eigenvalue weighted by Gasteiger charge is -2.16. The number of halogens is 3. The third-order valence-electron chi connectivity index (χ3n) is 2.88. The average Bonchev–Trinajstić information content (AvgIpc) is 2.28. The van der Waals surface area contributed by atoms with Crippen LogP contribution in [0, 0.1) is 6.92 Å². The second-order valence-electron chi connectivity index (χ2n) is 4.55. The fraction of sp³-hybridized carbons (Fsp3) is 0.538. The summed E-state index contributed by atoms with van der Waals surface area (Å²) < 4.78 is 36.3. The highest BCUT2D eigenvalue weighted by Gasteiger charge is 2.27. The summed E-state index contributed by atoms with van der Waals surface area (Å²) in [5.41, 5.74) is 4.74.